The Bertz CT molecular complexity index is 557. The Kier molecular flexibility index (Phi) is 6.30. The van der Waals surface area contributed by atoms with Gasteiger partial charge in [-0.15, -0.1) is 0 Å². The van der Waals surface area contributed by atoms with Gasteiger partial charge in [-0.1, -0.05) is 39.0 Å². The zero-order valence-electron chi connectivity index (χ0n) is 12.1. The number of benzene rings is 1. The summed E-state index contributed by atoms with van der Waals surface area (Å²) >= 11 is 0. The van der Waals surface area contributed by atoms with E-state index in [0.29, 0.717) is 17.8 Å². The molecular formula is C16H22O3. The summed E-state index contributed by atoms with van der Waals surface area (Å²) in [4.78, 5) is 11.8. The molecule has 0 aliphatic heterocycles. The third-order valence-electron chi connectivity index (χ3n) is 2.66. The Morgan fingerprint density at radius 1 is 1.26 bits per heavy atom. The van der Waals surface area contributed by atoms with Gasteiger partial charge in [0, 0.05) is 6.61 Å². The molecular weight excluding hydrogens is 240 g/mol. The summed E-state index contributed by atoms with van der Waals surface area (Å²) < 4.78 is 10.8. The van der Waals surface area contributed by atoms with Gasteiger partial charge in [0.25, 0.3) is 0 Å². The molecule has 1 aromatic carbocycles. The molecule has 0 N–H and O–H groups in total. The lowest BCUT2D eigenvalue weighted by molar-refractivity contribution is 0.0493. The third kappa shape index (κ3) is 3.93. The largest absolute Gasteiger partial charge is 0.425 e. The predicted octanol–water partition coefficient (Wildman–Crippen LogP) is 4.31. The summed E-state index contributed by atoms with van der Waals surface area (Å²) in [7, 11) is 0. The fraction of sp³-hybridized carbons (Fsp3) is 0.438. The standard InChI is InChI=1S/C14H16O3.C2H6/c1-3-8-16-10(2)13-9-11-6-4-5-7-12(11)14(15)17-13;1-2/h4-7,9-10H,3,8H2,1-2H3;1-2H3. The van der Waals surface area contributed by atoms with Crippen LogP contribution in [0.5, 0.6) is 0 Å². The van der Waals surface area contributed by atoms with Crippen LogP contribution >= 0.6 is 0 Å². The minimum Gasteiger partial charge on any atom is -0.425 e. The molecule has 19 heavy (non-hydrogen) atoms. The quantitative estimate of drug-likeness (QED) is 0.824. The van der Waals surface area contributed by atoms with E-state index in [1.807, 2.05) is 52.0 Å². The molecule has 1 atom stereocenters. The van der Waals surface area contributed by atoms with Crippen molar-refractivity contribution >= 4 is 10.8 Å². The normalized spacial score (nSPS) is 11.8. The van der Waals surface area contributed by atoms with Crippen LogP contribution in [-0.4, -0.2) is 6.61 Å². The van der Waals surface area contributed by atoms with Crippen LogP contribution in [0.4, 0.5) is 0 Å². The summed E-state index contributed by atoms with van der Waals surface area (Å²) in [5.41, 5.74) is -0.301. The van der Waals surface area contributed by atoms with Crippen LogP contribution in [0.25, 0.3) is 10.8 Å². The highest BCUT2D eigenvalue weighted by atomic mass is 16.5. The Morgan fingerprint density at radius 2 is 1.95 bits per heavy atom. The van der Waals surface area contributed by atoms with Crippen molar-refractivity contribution in [2.75, 3.05) is 6.61 Å². The van der Waals surface area contributed by atoms with Crippen molar-refractivity contribution in [3.8, 4) is 0 Å². The molecule has 104 valence electrons. The van der Waals surface area contributed by atoms with E-state index in [0.717, 1.165) is 11.8 Å². The highest BCUT2D eigenvalue weighted by Gasteiger charge is 2.11. The van der Waals surface area contributed by atoms with Crippen LogP contribution in [0.1, 0.15) is 46.0 Å². The van der Waals surface area contributed by atoms with Crippen molar-refractivity contribution in [1.29, 1.82) is 0 Å². The Labute approximate surface area is 114 Å². The molecule has 0 bridgehead atoms. The molecule has 2 aromatic rings. The molecule has 0 radical (unpaired) electrons. The fourth-order valence-corrected chi connectivity index (χ4v) is 1.73. The first-order chi connectivity index (χ1) is 9.22. The van der Waals surface area contributed by atoms with Gasteiger partial charge >= 0.3 is 5.63 Å². The zero-order chi connectivity index (χ0) is 14.3. The van der Waals surface area contributed by atoms with Crippen LogP contribution in [0.3, 0.4) is 0 Å². The number of fused-ring (bicyclic) bond motifs is 1. The maximum Gasteiger partial charge on any atom is 0.343 e. The van der Waals surface area contributed by atoms with E-state index in [-0.39, 0.29) is 11.7 Å². The second-order valence-corrected chi connectivity index (χ2v) is 4.04. The molecule has 0 saturated heterocycles. The minimum absolute atomic E-state index is 0.188. The second-order valence-electron chi connectivity index (χ2n) is 4.04. The lowest BCUT2D eigenvalue weighted by Crippen LogP contribution is -2.07. The Balaban J connectivity index is 0.000000861. The molecule has 1 aromatic heterocycles. The van der Waals surface area contributed by atoms with E-state index in [1.54, 1.807) is 6.07 Å². The van der Waals surface area contributed by atoms with Gasteiger partial charge in [0.15, 0.2) is 0 Å². The van der Waals surface area contributed by atoms with Crippen LogP contribution in [0.15, 0.2) is 39.5 Å². The van der Waals surface area contributed by atoms with Crippen molar-refractivity contribution < 1.29 is 9.15 Å². The van der Waals surface area contributed by atoms with Crippen LogP contribution in [-0.2, 0) is 4.74 Å². The maximum absolute atomic E-state index is 11.8. The fourth-order valence-electron chi connectivity index (χ4n) is 1.73. The molecule has 1 unspecified atom stereocenters. The van der Waals surface area contributed by atoms with Crippen molar-refractivity contribution in [2.24, 2.45) is 0 Å². The highest BCUT2D eigenvalue weighted by Crippen LogP contribution is 2.19. The van der Waals surface area contributed by atoms with E-state index < -0.39 is 0 Å². The first-order valence-electron chi connectivity index (χ1n) is 6.86. The molecule has 3 heteroatoms. The Morgan fingerprint density at radius 3 is 2.63 bits per heavy atom. The summed E-state index contributed by atoms with van der Waals surface area (Å²) in [5.74, 6) is 0.585. The summed E-state index contributed by atoms with van der Waals surface area (Å²) in [6.07, 6.45) is 0.759. The van der Waals surface area contributed by atoms with Crippen molar-refractivity contribution in [3.05, 3.63) is 46.5 Å². The summed E-state index contributed by atoms with van der Waals surface area (Å²) in [6, 6.07) is 9.28. The first kappa shape index (κ1) is 15.4. The molecule has 0 fully saturated rings. The van der Waals surface area contributed by atoms with Crippen molar-refractivity contribution in [2.45, 2.75) is 40.2 Å². The molecule has 0 spiro atoms. The monoisotopic (exact) mass is 262 g/mol. The molecule has 0 saturated carbocycles. The molecule has 0 aliphatic rings. The van der Waals surface area contributed by atoms with Gasteiger partial charge in [0.05, 0.1) is 5.39 Å². The van der Waals surface area contributed by atoms with Gasteiger partial charge in [-0.2, -0.15) is 0 Å². The topological polar surface area (TPSA) is 39.4 Å². The SMILES string of the molecule is CC.CCCOC(C)c1cc2ccccc2c(=O)o1. The number of rotatable bonds is 4. The van der Waals surface area contributed by atoms with Gasteiger partial charge in [-0.25, -0.2) is 4.79 Å². The predicted molar refractivity (Wildman–Crippen MR) is 78.5 cm³/mol. The lowest BCUT2D eigenvalue weighted by Gasteiger charge is -2.11. The molecule has 0 amide bonds. The Hall–Kier alpha value is -1.61. The summed E-state index contributed by atoms with van der Waals surface area (Å²) in [5, 5.41) is 1.50. The van der Waals surface area contributed by atoms with E-state index >= 15 is 0 Å². The minimum atomic E-state index is -0.301. The molecule has 0 aliphatic carbocycles. The van der Waals surface area contributed by atoms with E-state index in [2.05, 4.69) is 0 Å². The van der Waals surface area contributed by atoms with Crippen LogP contribution in [0, 0.1) is 0 Å². The highest BCUT2D eigenvalue weighted by molar-refractivity contribution is 5.81. The van der Waals surface area contributed by atoms with Gasteiger partial charge < -0.3 is 9.15 Å². The van der Waals surface area contributed by atoms with Crippen molar-refractivity contribution in [1.82, 2.24) is 0 Å². The lowest BCUT2D eigenvalue weighted by atomic mass is 10.1. The van der Waals surface area contributed by atoms with E-state index in [9.17, 15) is 4.79 Å². The number of ether oxygens (including phenoxy) is 1. The van der Waals surface area contributed by atoms with Crippen molar-refractivity contribution in [3.63, 3.8) is 0 Å². The molecule has 3 nitrogen and oxygen atoms in total. The third-order valence-corrected chi connectivity index (χ3v) is 2.66. The molecule has 2 rings (SSSR count). The van der Waals surface area contributed by atoms with Gasteiger partial charge in [-0.3, -0.25) is 0 Å². The molecule has 1 heterocycles. The number of hydrogen-bond donors (Lipinski definition) is 0. The van der Waals surface area contributed by atoms with Crippen LogP contribution < -0.4 is 5.63 Å². The van der Waals surface area contributed by atoms with Gasteiger partial charge in [-0.05, 0) is 30.9 Å². The smallest absolute Gasteiger partial charge is 0.343 e. The van der Waals surface area contributed by atoms with Gasteiger partial charge in [0.2, 0.25) is 0 Å². The maximum atomic E-state index is 11.8. The second kappa shape index (κ2) is 7.74. The van der Waals surface area contributed by atoms with E-state index in [1.165, 1.54) is 0 Å². The van der Waals surface area contributed by atoms with Crippen LogP contribution in [0.2, 0.25) is 0 Å². The van der Waals surface area contributed by atoms with Gasteiger partial charge in [0.1, 0.15) is 11.9 Å². The average molecular weight is 262 g/mol. The number of hydrogen-bond acceptors (Lipinski definition) is 3. The average Bonchev–Trinajstić information content (AvgIpc) is 2.47. The first-order valence-corrected chi connectivity index (χ1v) is 6.86. The zero-order valence-corrected chi connectivity index (χ0v) is 12.1. The van der Waals surface area contributed by atoms with E-state index in [4.69, 9.17) is 9.15 Å². The summed E-state index contributed by atoms with van der Waals surface area (Å²) in [6.45, 7) is 8.60.